The maximum absolute atomic E-state index is 10.4. The van der Waals surface area contributed by atoms with E-state index in [1.165, 1.54) is 31.2 Å². The normalized spacial score (nSPS) is 28.0. The highest BCUT2D eigenvalue weighted by molar-refractivity contribution is 9.11. The van der Waals surface area contributed by atoms with Crippen LogP contribution < -0.4 is 0 Å². The highest BCUT2D eigenvalue weighted by Crippen LogP contribution is 2.40. The maximum atomic E-state index is 10.4. The Kier molecular flexibility index (Phi) is 4.09. The van der Waals surface area contributed by atoms with Gasteiger partial charge in [0.15, 0.2) is 0 Å². The van der Waals surface area contributed by atoms with Crippen LogP contribution in [-0.4, -0.2) is 5.11 Å². The lowest BCUT2D eigenvalue weighted by Gasteiger charge is -2.29. The van der Waals surface area contributed by atoms with Gasteiger partial charge in [-0.3, -0.25) is 0 Å². The van der Waals surface area contributed by atoms with Crippen molar-refractivity contribution in [3.63, 3.8) is 0 Å². The molecule has 1 saturated carbocycles. The maximum Gasteiger partial charge on any atom is 0.0910 e. The molecule has 1 fully saturated rings. The molecule has 1 aliphatic carbocycles. The molecule has 3 heteroatoms. The van der Waals surface area contributed by atoms with Gasteiger partial charge in [-0.1, -0.05) is 19.8 Å². The van der Waals surface area contributed by atoms with E-state index in [2.05, 4.69) is 35.8 Å². The Morgan fingerprint density at radius 1 is 1.50 bits per heavy atom. The molecule has 3 atom stereocenters. The van der Waals surface area contributed by atoms with Gasteiger partial charge < -0.3 is 5.11 Å². The SMILES string of the molecule is Cc1cc(C(O)C2CCCC(C)C2)sc1Br. The summed E-state index contributed by atoms with van der Waals surface area (Å²) in [5.74, 6) is 1.24. The smallest absolute Gasteiger partial charge is 0.0910 e. The fourth-order valence-electron chi connectivity index (χ4n) is 2.63. The van der Waals surface area contributed by atoms with Gasteiger partial charge in [-0.15, -0.1) is 11.3 Å². The molecule has 0 saturated heterocycles. The van der Waals surface area contributed by atoms with Crippen LogP contribution in [0.4, 0.5) is 0 Å². The van der Waals surface area contributed by atoms with Gasteiger partial charge in [-0.05, 0) is 59.2 Å². The van der Waals surface area contributed by atoms with Gasteiger partial charge in [-0.25, -0.2) is 0 Å². The summed E-state index contributed by atoms with van der Waals surface area (Å²) in [6.07, 6.45) is 4.71. The van der Waals surface area contributed by atoms with Crippen molar-refractivity contribution in [2.75, 3.05) is 0 Å². The van der Waals surface area contributed by atoms with Crippen LogP contribution in [0, 0.1) is 18.8 Å². The van der Waals surface area contributed by atoms with Crippen molar-refractivity contribution < 1.29 is 5.11 Å². The second-order valence-corrected chi connectivity index (χ2v) is 7.48. The monoisotopic (exact) mass is 302 g/mol. The molecule has 1 nitrogen and oxygen atoms in total. The van der Waals surface area contributed by atoms with Gasteiger partial charge in [0.1, 0.15) is 0 Å². The molecule has 1 heterocycles. The minimum absolute atomic E-state index is 0.252. The first-order valence-electron chi connectivity index (χ1n) is 6.02. The Hall–Kier alpha value is 0.140. The summed E-state index contributed by atoms with van der Waals surface area (Å²) in [6, 6.07) is 2.12. The van der Waals surface area contributed by atoms with Crippen molar-refractivity contribution in [3.8, 4) is 0 Å². The number of halogens is 1. The molecule has 0 bridgehead atoms. The first-order valence-corrected chi connectivity index (χ1v) is 7.62. The summed E-state index contributed by atoms with van der Waals surface area (Å²) < 4.78 is 1.16. The summed E-state index contributed by atoms with van der Waals surface area (Å²) in [6.45, 7) is 4.38. The molecule has 0 spiro atoms. The Labute approximate surface area is 110 Å². The zero-order chi connectivity index (χ0) is 11.7. The molecule has 2 rings (SSSR count). The van der Waals surface area contributed by atoms with Crippen LogP contribution in [0.1, 0.15) is 49.2 Å². The molecule has 0 radical (unpaired) electrons. The van der Waals surface area contributed by atoms with Crippen LogP contribution in [0.15, 0.2) is 9.85 Å². The molecule has 1 aromatic heterocycles. The van der Waals surface area contributed by atoms with E-state index in [1.807, 2.05) is 0 Å². The molecule has 16 heavy (non-hydrogen) atoms. The third-order valence-electron chi connectivity index (χ3n) is 3.59. The second-order valence-electron chi connectivity index (χ2n) is 5.08. The zero-order valence-electron chi connectivity index (χ0n) is 9.87. The van der Waals surface area contributed by atoms with Gasteiger partial charge in [0.05, 0.1) is 9.89 Å². The molecular weight excluding hydrogens is 284 g/mol. The first kappa shape index (κ1) is 12.6. The lowest BCUT2D eigenvalue weighted by atomic mass is 9.79. The van der Waals surface area contributed by atoms with Crippen molar-refractivity contribution in [2.45, 2.75) is 45.6 Å². The second kappa shape index (κ2) is 5.19. The average molecular weight is 303 g/mol. The van der Waals surface area contributed by atoms with Crippen molar-refractivity contribution in [1.82, 2.24) is 0 Å². The Morgan fingerprint density at radius 2 is 2.25 bits per heavy atom. The van der Waals surface area contributed by atoms with Crippen LogP contribution in [0.25, 0.3) is 0 Å². The molecule has 0 amide bonds. The predicted octanol–water partition coefficient (Wildman–Crippen LogP) is 4.68. The number of hydrogen-bond acceptors (Lipinski definition) is 2. The summed E-state index contributed by atoms with van der Waals surface area (Å²) in [5.41, 5.74) is 1.24. The van der Waals surface area contributed by atoms with Crippen LogP contribution in [0.2, 0.25) is 0 Å². The summed E-state index contributed by atoms with van der Waals surface area (Å²) in [7, 11) is 0. The molecule has 90 valence electrons. The molecule has 1 aromatic rings. The third kappa shape index (κ3) is 2.69. The van der Waals surface area contributed by atoms with Crippen LogP contribution in [0.3, 0.4) is 0 Å². The van der Waals surface area contributed by atoms with Crippen LogP contribution >= 0.6 is 27.3 Å². The number of hydrogen-bond donors (Lipinski definition) is 1. The largest absolute Gasteiger partial charge is 0.387 e. The minimum atomic E-state index is -0.252. The molecule has 0 aliphatic heterocycles. The van der Waals surface area contributed by atoms with E-state index in [0.29, 0.717) is 5.92 Å². The highest BCUT2D eigenvalue weighted by atomic mass is 79.9. The number of aliphatic hydroxyl groups excluding tert-OH is 1. The summed E-state index contributed by atoms with van der Waals surface area (Å²) >= 11 is 5.21. The van der Waals surface area contributed by atoms with E-state index in [1.54, 1.807) is 11.3 Å². The van der Waals surface area contributed by atoms with Crippen LogP contribution in [-0.2, 0) is 0 Å². The van der Waals surface area contributed by atoms with E-state index >= 15 is 0 Å². The van der Waals surface area contributed by atoms with Gasteiger partial charge >= 0.3 is 0 Å². The summed E-state index contributed by atoms with van der Waals surface area (Å²) in [5, 5.41) is 10.4. The number of rotatable bonds is 2. The van der Waals surface area contributed by atoms with Gasteiger partial charge in [-0.2, -0.15) is 0 Å². The lowest BCUT2D eigenvalue weighted by Crippen LogP contribution is -2.19. The molecular formula is C13H19BrOS. The van der Waals surface area contributed by atoms with E-state index in [0.717, 1.165) is 14.6 Å². The van der Waals surface area contributed by atoms with Crippen molar-refractivity contribution in [1.29, 1.82) is 0 Å². The Balaban J connectivity index is 2.08. The standard InChI is InChI=1S/C13H19BrOS/c1-8-4-3-5-10(6-8)12(15)11-7-9(2)13(14)16-11/h7-8,10,12,15H,3-6H2,1-2H3. The van der Waals surface area contributed by atoms with E-state index < -0.39 is 0 Å². The predicted molar refractivity (Wildman–Crippen MR) is 72.8 cm³/mol. The number of thiophene rings is 1. The lowest BCUT2D eigenvalue weighted by molar-refractivity contribution is 0.0742. The molecule has 3 unspecified atom stereocenters. The fourth-order valence-corrected chi connectivity index (χ4v) is 4.28. The van der Waals surface area contributed by atoms with E-state index in [-0.39, 0.29) is 6.10 Å². The fraction of sp³-hybridized carbons (Fsp3) is 0.692. The van der Waals surface area contributed by atoms with Gasteiger partial charge in [0, 0.05) is 4.88 Å². The van der Waals surface area contributed by atoms with E-state index in [9.17, 15) is 5.11 Å². The van der Waals surface area contributed by atoms with Gasteiger partial charge in [0.2, 0.25) is 0 Å². The Bertz CT molecular complexity index is 341. The minimum Gasteiger partial charge on any atom is -0.387 e. The molecule has 1 N–H and O–H groups in total. The highest BCUT2D eigenvalue weighted by Gasteiger charge is 2.27. The van der Waals surface area contributed by atoms with Crippen molar-refractivity contribution in [3.05, 3.63) is 20.3 Å². The van der Waals surface area contributed by atoms with Gasteiger partial charge in [0.25, 0.3) is 0 Å². The third-order valence-corrected chi connectivity index (χ3v) is 5.80. The quantitative estimate of drug-likeness (QED) is 0.841. The first-order chi connectivity index (χ1) is 7.58. The van der Waals surface area contributed by atoms with Crippen molar-refractivity contribution in [2.24, 2.45) is 11.8 Å². The van der Waals surface area contributed by atoms with E-state index in [4.69, 9.17) is 0 Å². The average Bonchev–Trinajstić information content (AvgIpc) is 2.58. The number of aryl methyl sites for hydroxylation is 1. The number of aliphatic hydroxyl groups is 1. The Morgan fingerprint density at radius 3 is 2.81 bits per heavy atom. The molecule has 1 aliphatic rings. The van der Waals surface area contributed by atoms with Crippen molar-refractivity contribution >= 4 is 27.3 Å². The topological polar surface area (TPSA) is 20.2 Å². The zero-order valence-corrected chi connectivity index (χ0v) is 12.3. The molecule has 0 aromatic carbocycles. The van der Waals surface area contributed by atoms with Crippen LogP contribution in [0.5, 0.6) is 0 Å². The summed E-state index contributed by atoms with van der Waals surface area (Å²) in [4.78, 5) is 1.13.